The number of rotatable bonds is 3. The van der Waals surface area contributed by atoms with Crippen LogP contribution in [0.5, 0.6) is 5.75 Å². The lowest BCUT2D eigenvalue weighted by atomic mass is 10.2. The molecule has 3 rings (SSSR count). The molecule has 4 nitrogen and oxygen atoms in total. The monoisotopic (exact) mass is 288 g/mol. The third-order valence-electron chi connectivity index (χ3n) is 2.96. The number of ether oxygens (including phenoxy) is 1. The number of halogens is 1. The van der Waals surface area contributed by atoms with Gasteiger partial charge in [0.15, 0.2) is 12.2 Å². The molecule has 0 radical (unpaired) electrons. The first-order valence-electron chi connectivity index (χ1n) is 6.16. The number of nitrogens with two attached hydrogens (primary N) is 1. The summed E-state index contributed by atoms with van der Waals surface area (Å²) in [6.45, 7) is 2.20. The van der Waals surface area contributed by atoms with Crippen LogP contribution in [0.3, 0.4) is 0 Å². The molecular formula is C15H13ClN2O2. The molecule has 0 spiro atoms. The molecule has 0 aliphatic heterocycles. The van der Waals surface area contributed by atoms with Crippen LogP contribution in [0.2, 0.25) is 5.02 Å². The Kier molecular flexibility index (Phi) is 3.24. The van der Waals surface area contributed by atoms with Gasteiger partial charge in [-0.05, 0) is 36.8 Å². The van der Waals surface area contributed by atoms with Gasteiger partial charge in [0.25, 0.3) is 0 Å². The summed E-state index contributed by atoms with van der Waals surface area (Å²) in [6.07, 6.45) is 0. The molecule has 0 amide bonds. The average Bonchev–Trinajstić information content (AvgIpc) is 2.81. The van der Waals surface area contributed by atoms with Crippen molar-refractivity contribution < 1.29 is 9.15 Å². The van der Waals surface area contributed by atoms with Gasteiger partial charge in [-0.2, -0.15) is 0 Å². The predicted octanol–water partition coefficient (Wildman–Crippen LogP) is 3.95. The Morgan fingerprint density at radius 1 is 1.25 bits per heavy atom. The lowest BCUT2D eigenvalue weighted by molar-refractivity contribution is 0.265. The minimum Gasteiger partial charge on any atom is -0.484 e. The summed E-state index contributed by atoms with van der Waals surface area (Å²) in [6, 6.07) is 10.9. The lowest BCUT2D eigenvalue weighted by Gasteiger charge is -2.07. The number of aryl methyl sites for hydroxylation is 1. The standard InChI is InChI=1S/C15H13ClN2O2/c1-9-2-3-10(16)6-13(9)19-8-15-18-12-5-4-11(17)7-14(12)20-15/h2-7H,8,17H2,1H3. The van der Waals surface area contributed by atoms with Crippen LogP contribution in [0.25, 0.3) is 11.1 Å². The highest BCUT2D eigenvalue weighted by atomic mass is 35.5. The topological polar surface area (TPSA) is 61.3 Å². The Morgan fingerprint density at radius 3 is 2.95 bits per heavy atom. The van der Waals surface area contributed by atoms with Gasteiger partial charge in [-0.15, -0.1) is 0 Å². The van der Waals surface area contributed by atoms with Gasteiger partial charge in [0, 0.05) is 16.8 Å². The zero-order valence-electron chi connectivity index (χ0n) is 10.9. The van der Waals surface area contributed by atoms with E-state index in [1.165, 1.54) is 0 Å². The number of benzene rings is 2. The highest BCUT2D eigenvalue weighted by Gasteiger charge is 2.08. The Morgan fingerprint density at radius 2 is 2.10 bits per heavy atom. The van der Waals surface area contributed by atoms with Gasteiger partial charge >= 0.3 is 0 Å². The fourth-order valence-corrected chi connectivity index (χ4v) is 2.08. The summed E-state index contributed by atoms with van der Waals surface area (Å²) in [5.41, 5.74) is 8.78. The molecule has 0 aliphatic carbocycles. The van der Waals surface area contributed by atoms with Crippen LogP contribution in [0.15, 0.2) is 40.8 Å². The van der Waals surface area contributed by atoms with Crippen molar-refractivity contribution in [2.24, 2.45) is 0 Å². The van der Waals surface area contributed by atoms with Gasteiger partial charge in [0.1, 0.15) is 11.3 Å². The third-order valence-corrected chi connectivity index (χ3v) is 3.19. The van der Waals surface area contributed by atoms with Crippen LogP contribution in [0.4, 0.5) is 5.69 Å². The molecule has 0 fully saturated rings. The van der Waals surface area contributed by atoms with E-state index >= 15 is 0 Å². The average molecular weight is 289 g/mol. The zero-order chi connectivity index (χ0) is 14.1. The second kappa shape index (κ2) is 5.06. The van der Waals surface area contributed by atoms with E-state index in [0.29, 0.717) is 22.2 Å². The van der Waals surface area contributed by atoms with Gasteiger partial charge in [-0.25, -0.2) is 4.98 Å². The largest absolute Gasteiger partial charge is 0.484 e. The van der Waals surface area contributed by atoms with E-state index in [0.717, 1.165) is 16.8 Å². The molecule has 2 N–H and O–H groups in total. The Hall–Kier alpha value is -2.20. The molecule has 2 aromatic carbocycles. The van der Waals surface area contributed by atoms with Crippen molar-refractivity contribution in [1.29, 1.82) is 0 Å². The summed E-state index contributed by atoms with van der Waals surface area (Å²) < 4.78 is 11.3. The molecule has 0 unspecified atom stereocenters. The number of hydrogen-bond donors (Lipinski definition) is 1. The van der Waals surface area contributed by atoms with Crippen molar-refractivity contribution in [3.63, 3.8) is 0 Å². The number of nitrogen functional groups attached to an aromatic ring is 1. The van der Waals surface area contributed by atoms with E-state index in [4.69, 9.17) is 26.5 Å². The second-order valence-corrected chi connectivity index (χ2v) is 4.97. The van der Waals surface area contributed by atoms with Crippen LogP contribution < -0.4 is 10.5 Å². The van der Waals surface area contributed by atoms with Crippen LogP contribution in [0.1, 0.15) is 11.5 Å². The van der Waals surface area contributed by atoms with Crippen LogP contribution in [-0.2, 0) is 6.61 Å². The number of anilines is 1. The summed E-state index contributed by atoms with van der Waals surface area (Å²) >= 11 is 5.95. The first-order chi connectivity index (χ1) is 9.61. The highest BCUT2D eigenvalue weighted by molar-refractivity contribution is 6.30. The fraction of sp³-hybridized carbons (Fsp3) is 0.133. The minimum absolute atomic E-state index is 0.246. The van der Waals surface area contributed by atoms with Crippen molar-refractivity contribution in [3.8, 4) is 5.75 Å². The number of fused-ring (bicyclic) bond motifs is 1. The number of oxazole rings is 1. The zero-order valence-corrected chi connectivity index (χ0v) is 11.6. The SMILES string of the molecule is Cc1ccc(Cl)cc1OCc1nc2ccc(N)cc2o1. The number of hydrogen-bond acceptors (Lipinski definition) is 4. The minimum atomic E-state index is 0.246. The molecule has 0 aliphatic rings. The Bertz CT molecular complexity index is 768. The highest BCUT2D eigenvalue weighted by Crippen LogP contribution is 2.24. The van der Waals surface area contributed by atoms with E-state index in [2.05, 4.69) is 4.98 Å². The molecule has 0 bridgehead atoms. The summed E-state index contributed by atoms with van der Waals surface area (Å²) in [7, 11) is 0. The quantitative estimate of drug-likeness (QED) is 0.741. The van der Waals surface area contributed by atoms with E-state index in [1.807, 2.05) is 25.1 Å². The molecule has 20 heavy (non-hydrogen) atoms. The van der Waals surface area contributed by atoms with Gasteiger partial charge in [0.2, 0.25) is 5.89 Å². The third kappa shape index (κ3) is 2.56. The van der Waals surface area contributed by atoms with Gasteiger partial charge in [-0.3, -0.25) is 0 Å². The Balaban J connectivity index is 1.81. The van der Waals surface area contributed by atoms with Crippen molar-refractivity contribution >= 4 is 28.4 Å². The number of aromatic nitrogens is 1. The van der Waals surface area contributed by atoms with E-state index in [-0.39, 0.29) is 6.61 Å². The van der Waals surface area contributed by atoms with Crippen LogP contribution in [0, 0.1) is 6.92 Å². The molecule has 5 heteroatoms. The first kappa shape index (κ1) is 12.8. The molecule has 0 saturated heterocycles. The summed E-state index contributed by atoms with van der Waals surface area (Å²) in [5, 5.41) is 0.635. The maximum atomic E-state index is 5.95. The molecule has 0 saturated carbocycles. The first-order valence-corrected chi connectivity index (χ1v) is 6.53. The van der Waals surface area contributed by atoms with Gasteiger partial charge in [0.05, 0.1) is 0 Å². The lowest BCUT2D eigenvalue weighted by Crippen LogP contribution is -1.97. The Labute approximate surface area is 121 Å². The van der Waals surface area contributed by atoms with Gasteiger partial charge in [-0.1, -0.05) is 17.7 Å². The molecular weight excluding hydrogens is 276 g/mol. The van der Waals surface area contributed by atoms with Crippen molar-refractivity contribution in [3.05, 3.63) is 52.9 Å². The normalized spacial score (nSPS) is 10.9. The fourth-order valence-electron chi connectivity index (χ4n) is 1.92. The maximum absolute atomic E-state index is 5.95. The van der Waals surface area contributed by atoms with Crippen molar-refractivity contribution in [1.82, 2.24) is 4.98 Å². The second-order valence-electron chi connectivity index (χ2n) is 4.53. The molecule has 0 atom stereocenters. The van der Waals surface area contributed by atoms with Crippen molar-refractivity contribution in [2.45, 2.75) is 13.5 Å². The molecule has 1 heterocycles. The molecule has 102 valence electrons. The van der Waals surface area contributed by atoms with Gasteiger partial charge < -0.3 is 14.9 Å². The predicted molar refractivity (Wildman–Crippen MR) is 78.9 cm³/mol. The van der Waals surface area contributed by atoms with Crippen molar-refractivity contribution in [2.75, 3.05) is 5.73 Å². The summed E-state index contributed by atoms with van der Waals surface area (Å²) in [5.74, 6) is 1.23. The molecule has 3 aromatic rings. The van der Waals surface area contributed by atoms with E-state index in [1.54, 1.807) is 18.2 Å². The van der Waals surface area contributed by atoms with Crippen LogP contribution in [-0.4, -0.2) is 4.98 Å². The smallest absolute Gasteiger partial charge is 0.233 e. The van der Waals surface area contributed by atoms with E-state index < -0.39 is 0 Å². The molecule has 1 aromatic heterocycles. The van der Waals surface area contributed by atoms with Crippen LogP contribution >= 0.6 is 11.6 Å². The summed E-state index contributed by atoms with van der Waals surface area (Å²) in [4.78, 5) is 4.34. The van der Waals surface area contributed by atoms with E-state index in [9.17, 15) is 0 Å². The maximum Gasteiger partial charge on any atom is 0.233 e. The number of nitrogens with zero attached hydrogens (tertiary/aromatic N) is 1.